The predicted molar refractivity (Wildman–Crippen MR) is 102 cm³/mol. The highest BCUT2D eigenvalue weighted by molar-refractivity contribution is 9.10. The van der Waals surface area contributed by atoms with E-state index in [9.17, 15) is 4.79 Å². The van der Waals surface area contributed by atoms with Crippen LogP contribution in [-0.2, 0) is 11.2 Å². The van der Waals surface area contributed by atoms with E-state index >= 15 is 0 Å². The van der Waals surface area contributed by atoms with Gasteiger partial charge in [0, 0.05) is 11.0 Å². The van der Waals surface area contributed by atoms with Crippen LogP contribution >= 0.6 is 15.9 Å². The molecule has 2 N–H and O–H groups in total. The van der Waals surface area contributed by atoms with E-state index in [4.69, 9.17) is 0 Å². The van der Waals surface area contributed by atoms with Crippen molar-refractivity contribution < 1.29 is 4.79 Å². The van der Waals surface area contributed by atoms with E-state index in [1.54, 1.807) is 6.20 Å². The Bertz CT molecular complexity index is 658. The normalized spacial score (nSPS) is 10.7. The first-order valence-electron chi connectivity index (χ1n) is 7.92. The smallest absolute Gasteiger partial charge is 0.228 e. The van der Waals surface area contributed by atoms with Gasteiger partial charge in [-0.15, -0.1) is 0 Å². The van der Waals surface area contributed by atoms with Gasteiger partial charge in [-0.25, -0.2) is 4.98 Å². The number of aromatic nitrogens is 1. The lowest BCUT2D eigenvalue weighted by Gasteiger charge is -2.11. The average molecular weight is 391 g/mol. The molecule has 2 aromatic rings. The third-order valence-corrected chi connectivity index (χ3v) is 4.22. The van der Waals surface area contributed by atoms with Gasteiger partial charge in [-0.05, 0) is 50.8 Å². The van der Waals surface area contributed by atoms with Crippen molar-refractivity contribution in [2.24, 2.45) is 0 Å². The monoisotopic (exact) mass is 390 g/mol. The number of carbonyl (C=O) groups excluding carboxylic acids is 1. The second kappa shape index (κ2) is 9.39. The molecule has 1 aromatic carbocycles. The molecule has 6 heteroatoms. The van der Waals surface area contributed by atoms with Crippen LogP contribution in [0, 0.1) is 0 Å². The van der Waals surface area contributed by atoms with Gasteiger partial charge in [-0.2, -0.15) is 0 Å². The number of rotatable bonds is 8. The van der Waals surface area contributed by atoms with Gasteiger partial charge in [0.2, 0.25) is 5.91 Å². The van der Waals surface area contributed by atoms with Gasteiger partial charge in [-0.1, -0.05) is 34.1 Å². The number of hydrogen-bond acceptors (Lipinski definition) is 4. The van der Waals surface area contributed by atoms with Gasteiger partial charge in [0.1, 0.15) is 5.82 Å². The van der Waals surface area contributed by atoms with Gasteiger partial charge in [0.15, 0.2) is 0 Å². The molecule has 0 radical (unpaired) electrons. The molecule has 0 saturated heterocycles. The van der Waals surface area contributed by atoms with E-state index < -0.39 is 0 Å². The zero-order valence-electron chi connectivity index (χ0n) is 14.1. The highest BCUT2D eigenvalue weighted by Crippen LogP contribution is 2.17. The minimum atomic E-state index is -0.0598. The number of benzene rings is 1. The number of pyridine rings is 1. The van der Waals surface area contributed by atoms with E-state index in [-0.39, 0.29) is 5.91 Å². The third-order valence-electron chi connectivity index (χ3n) is 3.44. The van der Waals surface area contributed by atoms with Crippen LogP contribution in [0.4, 0.5) is 11.5 Å². The molecule has 5 nitrogen and oxygen atoms in total. The summed E-state index contributed by atoms with van der Waals surface area (Å²) in [5.74, 6) is 0.757. The lowest BCUT2D eigenvalue weighted by Crippen LogP contribution is -2.17. The van der Waals surface area contributed by atoms with E-state index in [2.05, 4.69) is 50.5 Å². The molecular formula is C18H23BrN4O. The van der Waals surface area contributed by atoms with Gasteiger partial charge in [0.05, 0.1) is 18.3 Å². The molecule has 0 spiro atoms. The fraction of sp³-hybridized carbons (Fsp3) is 0.333. The molecule has 1 heterocycles. The standard InChI is InChI=1S/C18H23BrN4O/c1-23(2)11-5-10-20-17-9-8-15(13-21-17)22-18(24)12-14-6-3-4-7-16(14)19/h3-4,6-9,13H,5,10-12H2,1-2H3,(H,20,21)(H,22,24). The topological polar surface area (TPSA) is 57.3 Å². The number of carbonyl (C=O) groups is 1. The fourth-order valence-electron chi connectivity index (χ4n) is 2.20. The van der Waals surface area contributed by atoms with E-state index in [0.717, 1.165) is 35.4 Å². The van der Waals surface area contributed by atoms with Crippen LogP contribution in [0.1, 0.15) is 12.0 Å². The highest BCUT2D eigenvalue weighted by Gasteiger charge is 2.07. The summed E-state index contributed by atoms with van der Waals surface area (Å²) in [5.41, 5.74) is 1.66. The number of nitrogens with zero attached hydrogens (tertiary/aromatic N) is 2. The summed E-state index contributed by atoms with van der Waals surface area (Å²) in [4.78, 5) is 18.6. The van der Waals surface area contributed by atoms with Crippen LogP contribution in [0.2, 0.25) is 0 Å². The van der Waals surface area contributed by atoms with Crippen LogP contribution < -0.4 is 10.6 Å². The summed E-state index contributed by atoms with van der Waals surface area (Å²) in [5, 5.41) is 6.14. The van der Waals surface area contributed by atoms with E-state index in [1.165, 1.54) is 0 Å². The predicted octanol–water partition coefficient (Wildman–Crippen LogP) is 3.39. The van der Waals surface area contributed by atoms with Crippen molar-refractivity contribution in [3.63, 3.8) is 0 Å². The van der Waals surface area contributed by atoms with E-state index in [1.807, 2.05) is 36.4 Å². The first kappa shape index (κ1) is 18.4. The third kappa shape index (κ3) is 6.29. The molecule has 0 aliphatic carbocycles. The van der Waals surface area contributed by atoms with E-state index in [0.29, 0.717) is 12.1 Å². The second-order valence-corrected chi connectivity index (χ2v) is 6.69. The zero-order valence-corrected chi connectivity index (χ0v) is 15.6. The molecule has 1 amide bonds. The van der Waals surface area contributed by atoms with Crippen molar-refractivity contribution in [1.82, 2.24) is 9.88 Å². The molecule has 0 fully saturated rings. The van der Waals surface area contributed by atoms with Crippen LogP contribution in [0.5, 0.6) is 0 Å². The quantitative estimate of drug-likeness (QED) is 0.678. The van der Waals surface area contributed by atoms with Crippen molar-refractivity contribution in [1.29, 1.82) is 0 Å². The maximum atomic E-state index is 12.1. The maximum absolute atomic E-state index is 12.1. The Morgan fingerprint density at radius 3 is 2.67 bits per heavy atom. The van der Waals surface area contributed by atoms with Crippen LogP contribution in [0.3, 0.4) is 0 Å². The Labute approximate surface area is 151 Å². The molecular weight excluding hydrogens is 368 g/mol. The maximum Gasteiger partial charge on any atom is 0.228 e. The molecule has 0 aliphatic heterocycles. The second-order valence-electron chi connectivity index (χ2n) is 5.83. The summed E-state index contributed by atoms with van der Waals surface area (Å²) >= 11 is 3.45. The summed E-state index contributed by atoms with van der Waals surface area (Å²) in [6, 6.07) is 11.5. The number of hydrogen-bond donors (Lipinski definition) is 2. The number of nitrogens with one attached hydrogen (secondary N) is 2. The first-order chi connectivity index (χ1) is 11.5. The molecule has 0 saturated carbocycles. The molecule has 2 rings (SSSR count). The minimum Gasteiger partial charge on any atom is -0.370 e. The van der Waals surface area contributed by atoms with Crippen LogP contribution in [-0.4, -0.2) is 43.0 Å². The van der Waals surface area contributed by atoms with Crippen LogP contribution in [0.25, 0.3) is 0 Å². The number of anilines is 2. The van der Waals surface area contributed by atoms with Crippen molar-refractivity contribution in [2.75, 3.05) is 37.8 Å². The highest BCUT2D eigenvalue weighted by atomic mass is 79.9. The van der Waals surface area contributed by atoms with Gasteiger partial charge in [0.25, 0.3) is 0 Å². The summed E-state index contributed by atoms with van der Waals surface area (Å²) in [6.45, 7) is 1.91. The Balaban J connectivity index is 1.80. The Morgan fingerprint density at radius 1 is 1.21 bits per heavy atom. The lowest BCUT2D eigenvalue weighted by molar-refractivity contribution is -0.115. The van der Waals surface area contributed by atoms with Crippen molar-refractivity contribution >= 4 is 33.3 Å². The van der Waals surface area contributed by atoms with Crippen molar-refractivity contribution in [2.45, 2.75) is 12.8 Å². The van der Waals surface area contributed by atoms with Crippen molar-refractivity contribution in [3.8, 4) is 0 Å². The summed E-state index contributed by atoms with van der Waals surface area (Å²) in [6.07, 6.45) is 3.05. The average Bonchev–Trinajstić information content (AvgIpc) is 2.55. The SMILES string of the molecule is CN(C)CCCNc1ccc(NC(=O)Cc2ccccc2Br)cn1. The Hall–Kier alpha value is -1.92. The first-order valence-corrected chi connectivity index (χ1v) is 8.72. The minimum absolute atomic E-state index is 0.0598. The summed E-state index contributed by atoms with van der Waals surface area (Å²) in [7, 11) is 4.12. The van der Waals surface area contributed by atoms with Crippen LogP contribution in [0.15, 0.2) is 47.1 Å². The molecule has 1 aromatic heterocycles. The summed E-state index contributed by atoms with van der Waals surface area (Å²) < 4.78 is 0.940. The Morgan fingerprint density at radius 2 is 2.00 bits per heavy atom. The molecule has 0 unspecified atom stereocenters. The molecule has 0 aliphatic rings. The Kier molecular flexibility index (Phi) is 7.21. The molecule has 24 heavy (non-hydrogen) atoms. The molecule has 0 atom stereocenters. The number of halogens is 1. The molecule has 0 bridgehead atoms. The van der Waals surface area contributed by atoms with Gasteiger partial charge < -0.3 is 15.5 Å². The largest absolute Gasteiger partial charge is 0.370 e. The fourth-order valence-corrected chi connectivity index (χ4v) is 2.63. The van der Waals surface area contributed by atoms with Gasteiger partial charge >= 0.3 is 0 Å². The van der Waals surface area contributed by atoms with Crippen molar-refractivity contribution in [3.05, 3.63) is 52.6 Å². The molecule has 128 valence electrons. The van der Waals surface area contributed by atoms with Gasteiger partial charge in [-0.3, -0.25) is 4.79 Å². The number of amides is 1. The zero-order chi connectivity index (χ0) is 17.4. The lowest BCUT2D eigenvalue weighted by atomic mass is 10.1.